The Kier molecular flexibility index (Phi) is 5.47. The third-order valence-corrected chi connectivity index (χ3v) is 2.58. The van der Waals surface area contributed by atoms with Gasteiger partial charge >= 0.3 is 6.09 Å². The van der Waals surface area contributed by atoms with Crippen LogP contribution >= 0.6 is 0 Å². The molecular formula is C13H15N3O4. The third-order valence-electron chi connectivity index (χ3n) is 2.58. The van der Waals surface area contributed by atoms with E-state index in [1.807, 2.05) is 19.9 Å². The van der Waals surface area contributed by atoms with E-state index in [-0.39, 0.29) is 17.4 Å². The van der Waals surface area contributed by atoms with Crippen molar-refractivity contribution >= 4 is 11.8 Å². The number of nitrogens with zero attached hydrogens (tertiary/aromatic N) is 3. The van der Waals surface area contributed by atoms with E-state index in [0.717, 1.165) is 0 Å². The number of nitro benzene ring substituents is 1. The third kappa shape index (κ3) is 3.68. The zero-order valence-electron chi connectivity index (χ0n) is 11.3. The van der Waals surface area contributed by atoms with E-state index >= 15 is 0 Å². The quantitative estimate of drug-likeness (QED) is 0.611. The van der Waals surface area contributed by atoms with Crippen LogP contribution < -0.4 is 4.74 Å². The molecule has 7 heteroatoms. The lowest BCUT2D eigenvalue weighted by molar-refractivity contribution is -0.384. The summed E-state index contributed by atoms with van der Waals surface area (Å²) in [7, 11) is 0. The monoisotopic (exact) mass is 277 g/mol. The molecule has 1 aromatic rings. The molecule has 1 aromatic carbocycles. The fraction of sp³-hybridized carbons (Fsp3) is 0.385. The molecule has 0 saturated carbocycles. The van der Waals surface area contributed by atoms with Gasteiger partial charge in [0.1, 0.15) is 5.75 Å². The van der Waals surface area contributed by atoms with Crippen LogP contribution in [-0.2, 0) is 0 Å². The number of nitriles is 1. The predicted molar refractivity (Wildman–Crippen MR) is 71.1 cm³/mol. The predicted octanol–water partition coefficient (Wildman–Crippen LogP) is 2.58. The number of nitro groups is 1. The largest absolute Gasteiger partial charge is 0.415 e. The fourth-order valence-corrected chi connectivity index (χ4v) is 1.51. The van der Waals surface area contributed by atoms with Crippen molar-refractivity contribution in [3.8, 4) is 11.8 Å². The maximum Gasteiger partial charge on any atom is 0.415 e. The summed E-state index contributed by atoms with van der Waals surface area (Å²) in [5.74, 6) is 0.111. The van der Waals surface area contributed by atoms with Gasteiger partial charge in [-0.15, -0.1) is 0 Å². The number of hydrogen-bond acceptors (Lipinski definition) is 5. The molecule has 106 valence electrons. The summed E-state index contributed by atoms with van der Waals surface area (Å²) >= 11 is 0. The minimum Gasteiger partial charge on any atom is -0.410 e. The molecule has 1 heterocycles. The first-order valence-corrected chi connectivity index (χ1v) is 6.21. The summed E-state index contributed by atoms with van der Waals surface area (Å²) in [5, 5.41) is 19.0. The number of amides is 1. The molecule has 1 fully saturated rings. The van der Waals surface area contributed by atoms with E-state index in [0.29, 0.717) is 13.1 Å². The van der Waals surface area contributed by atoms with Crippen molar-refractivity contribution < 1.29 is 14.5 Å². The van der Waals surface area contributed by atoms with Crippen LogP contribution in [0.4, 0.5) is 10.5 Å². The van der Waals surface area contributed by atoms with Crippen LogP contribution in [0.15, 0.2) is 24.3 Å². The number of hydrogen-bond donors (Lipinski definition) is 0. The second-order valence-corrected chi connectivity index (χ2v) is 3.85. The van der Waals surface area contributed by atoms with Crippen LogP contribution in [0, 0.1) is 27.4 Å². The Bertz CT molecular complexity index is 515. The molecule has 0 radical (unpaired) electrons. The van der Waals surface area contributed by atoms with Crippen molar-refractivity contribution in [1.29, 1.82) is 5.26 Å². The Morgan fingerprint density at radius 1 is 1.40 bits per heavy atom. The minimum absolute atomic E-state index is 0.0664. The number of ether oxygens (including phenoxy) is 1. The van der Waals surface area contributed by atoms with E-state index in [1.165, 1.54) is 29.2 Å². The molecule has 0 unspecified atom stereocenters. The van der Waals surface area contributed by atoms with Crippen molar-refractivity contribution in [3.05, 3.63) is 34.4 Å². The number of non-ortho nitro benzene ring substituents is 1. The van der Waals surface area contributed by atoms with Crippen molar-refractivity contribution in [2.45, 2.75) is 13.8 Å². The van der Waals surface area contributed by atoms with Crippen molar-refractivity contribution in [2.75, 3.05) is 13.1 Å². The van der Waals surface area contributed by atoms with Crippen LogP contribution in [0.5, 0.6) is 5.75 Å². The Hall–Kier alpha value is -2.62. The van der Waals surface area contributed by atoms with Gasteiger partial charge in [-0.1, -0.05) is 13.8 Å². The number of carbonyl (C=O) groups is 1. The molecule has 0 aromatic heterocycles. The summed E-state index contributed by atoms with van der Waals surface area (Å²) in [5.41, 5.74) is -0.0664. The van der Waals surface area contributed by atoms with Crippen molar-refractivity contribution in [2.24, 2.45) is 5.92 Å². The summed E-state index contributed by atoms with van der Waals surface area (Å²) < 4.78 is 5.00. The Morgan fingerprint density at radius 3 is 2.40 bits per heavy atom. The van der Waals surface area contributed by atoms with Gasteiger partial charge in [-0.3, -0.25) is 10.1 Å². The van der Waals surface area contributed by atoms with Gasteiger partial charge in [0, 0.05) is 25.2 Å². The van der Waals surface area contributed by atoms with Gasteiger partial charge in [0.15, 0.2) is 0 Å². The molecule has 20 heavy (non-hydrogen) atoms. The van der Waals surface area contributed by atoms with Gasteiger partial charge < -0.3 is 9.64 Å². The highest BCUT2D eigenvalue weighted by Crippen LogP contribution is 2.20. The molecule has 2 rings (SSSR count). The highest BCUT2D eigenvalue weighted by Gasteiger charge is 2.31. The van der Waals surface area contributed by atoms with Crippen LogP contribution in [-0.4, -0.2) is 29.0 Å². The molecule has 1 aliphatic rings. The van der Waals surface area contributed by atoms with Crippen LogP contribution in [0.25, 0.3) is 0 Å². The fourth-order valence-electron chi connectivity index (χ4n) is 1.51. The number of rotatable bonds is 2. The zero-order valence-corrected chi connectivity index (χ0v) is 11.3. The summed E-state index contributed by atoms with van der Waals surface area (Å²) in [6.07, 6.45) is -0.546. The maximum atomic E-state index is 11.5. The van der Waals surface area contributed by atoms with Crippen LogP contribution in [0.2, 0.25) is 0 Å². The lowest BCUT2D eigenvalue weighted by atomic mass is 10.0. The van der Waals surface area contributed by atoms with E-state index in [4.69, 9.17) is 10.00 Å². The van der Waals surface area contributed by atoms with Crippen LogP contribution in [0.3, 0.4) is 0 Å². The molecule has 1 amide bonds. The van der Waals surface area contributed by atoms with Gasteiger partial charge in [0.2, 0.25) is 0 Å². The van der Waals surface area contributed by atoms with Gasteiger partial charge in [0.05, 0.1) is 16.9 Å². The van der Waals surface area contributed by atoms with Crippen LogP contribution in [0.1, 0.15) is 13.8 Å². The first-order valence-electron chi connectivity index (χ1n) is 6.21. The summed E-state index contributed by atoms with van der Waals surface area (Å²) in [6, 6.07) is 7.28. The normalized spacial score (nSPS) is 13.3. The van der Waals surface area contributed by atoms with Gasteiger partial charge in [-0.2, -0.15) is 5.26 Å². The maximum absolute atomic E-state index is 11.5. The smallest absolute Gasteiger partial charge is 0.410 e. The minimum atomic E-state index is -0.546. The van der Waals surface area contributed by atoms with E-state index in [9.17, 15) is 14.9 Å². The number of carbonyl (C=O) groups excluding carboxylic acids is 1. The highest BCUT2D eigenvalue weighted by atomic mass is 16.6. The summed E-state index contributed by atoms with van der Waals surface area (Å²) in [6.45, 7) is 4.73. The SMILES string of the molecule is CC.N#CC1CN(C(=O)Oc2ccc([N+](=O)[O-])cc2)C1. The Labute approximate surface area is 116 Å². The molecule has 7 nitrogen and oxygen atoms in total. The first kappa shape index (κ1) is 15.4. The molecule has 1 saturated heterocycles. The molecular weight excluding hydrogens is 262 g/mol. The van der Waals surface area contributed by atoms with E-state index < -0.39 is 11.0 Å². The second kappa shape index (κ2) is 7.09. The van der Waals surface area contributed by atoms with E-state index in [1.54, 1.807) is 0 Å². The summed E-state index contributed by atoms with van der Waals surface area (Å²) in [4.78, 5) is 22.8. The average Bonchev–Trinajstić information content (AvgIpc) is 2.40. The van der Waals surface area contributed by atoms with E-state index in [2.05, 4.69) is 0 Å². The molecule has 0 bridgehead atoms. The highest BCUT2D eigenvalue weighted by molar-refractivity contribution is 5.71. The lowest BCUT2D eigenvalue weighted by Crippen LogP contribution is -2.50. The molecule has 0 spiro atoms. The Morgan fingerprint density at radius 2 is 1.95 bits per heavy atom. The molecule has 1 aliphatic heterocycles. The zero-order chi connectivity index (χ0) is 15.1. The second-order valence-electron chi connectivity index (χ2n) is 3.85. The molecule has 0 aliphatic carbocycles. The number of likely N-dealkylation sites (tertiary alicyclic amines) is 1. The van der Waals surface area contributed by atoms with Gasteiger partial charge in [-0.05, 0) is 12.1 Å². The van der Waals surface area contributed by atoms with Crippen molar-refractivity contribution in [1.82, 2.24) is 4.90 Å². The van der Waals surface area contributed by atoms with Crippen molar-refractivity contribution in [3.63, 3.8) is 0 Å². The first-order chi connectivity index (χ1) is 9.60. The van der Waals surface area contributed by atoms with Gasteiger partial charge in [0.25, 0.3) is 5.69 Å². The topological polar surface area (TPSA) is 96.5 Å². The van der Waals surface area contributed by atoms with Gasteiger partial charge in [-0.25, -0.2) is 4.79 Å². The standard InChI is InChI=1S/C11H9N3O4.C2H6/c12-5-8-6-13(7-8)11(15)18-10-3-1-9(2-4-10)14(16)17;1-2/h1-4,8H,6-7H2;1-2H3. The Balaban J connectivity index is 0.000000956. The average molecular weight is 277 g/mol. The molecule has 0 N–H and O–H groups in total. The lowest BCUT2D eigenvalue weighted by Gasteiger charge is -2.33. The number of benzene rings is 1. The molecule has 0 atom stereocenters.